The Bertz CT molecular complexity index is 152. The molecule has 4 N–H and O–H groups in total. The van der Waals surface area contributed by atoms with Crippen LogP contribution in [0.1, 0.15) is 6.92 Å². The standard InChI is InChI=1S/C6H13F2N3O/c1-2-10-6(9)11-3-4(12)5(7)8/h4-5,12H,2-3H2,1H3,(H3,9,10,11). The summed E-state index contributed by atoms with van der Waals surface area (Å²) in [5, 5.41) is 11.2. The number of rotatable bonds is 4. The molecule has 0 fully saturated rings. The second kappa shape index (κ2) is 5.70. The monoisotopic (exact) mass is 181 g/mol. The number of guanidine groups is 1. The molecule has 0 heterocycles. The number of halogens is 2. The second-order valence-electron chi connectivity index (χ2n) is 2.16. The van der Waals surface area contributed by atoms with Crippen molar-refractivity contribution in [1.29, 1.82) is 0 Å². The SMILES string of the molecule is CCNC(N)=NCC(O)C(F)F. The predicted octanol–water partition coefficient (Wildman–Crippen LogP) is -0.463. The second-order valence-corrected chi connectivity index (χ2v) is 2.16. The number of alkyl halides is 2. The molecule has 1 unspecified atom stereocenters. The summed E-state index contributed by atoms with van der Waals surface area (Å²) in [6.07, 6.45) is -4.51. The van der Waals surface area contributed by atoms with E-state index in [4.69, 9.17) is 10.8 Å². The maximum absolute atomic E-state index is 11.7. The highest BCUT2D eigenvalue weighted by Crippen LogP contribution is 1.99. The van der Waals surface area contributed by atoms with Gasteiger partial charge in [-0.05, 0) is 6.92 Å². The van der Waals surface area contributed by atoms with E-state index in [0.29, 0.717) is 6.54 Å². The summed E-state index contributed by atoms with van der Waals surface area (Å²) in [6, 6.07) is 0. The summed E-state index contributed by atoms with van der Waals surface area (Å²) in [5.41, 5.74) is 5.22. The Hall–Kier alpha value is -0.910. The van der Waals surface area contributed by atoms with Crippen LogP contribution < -0.4 is 11.1 Å². The number of hydrogen-bond acceptors (Lipinski definition) is 2. The van der Waals surface area contributed by atoms with E-state index in [9.17, 15) is 8.78 Å². The number of nitrogens with two attached hydrogens (primary N) is 1. The van der Waals surface area contributed by atoms with Crippen molar-refractivity contribution in [1.82, 2.24) is 5.32 Å². The van der Waals surface area contributed by atoms with Crippen LogP contribution in [0, 0.1) is 0 Å². The Morgan fingerprint density at radius 3 is 2.67 bits per heavy atom. The summed E-state index contributed by atoms with van der Waals surface area (Å²) < 4.78 is 23.4. The number of aliphatic imine (C=N–C) groups is 1. The van der Waals surface area contributed by atoms with E-state index in [0.717, 1.165) is 0 Å². The molecule has 0 bridgehead atoms. The molecule has 0 aliphatic rings. The Kier molecular flexibility index (Phi) is 5.27. The van der Waals surface area contributed by atoms with E-state index in [1.807, 2.05) is 0 Å². The summed E-state index contributed by atoms with van der Waals surface area (Å²) in [4.78, 5) is 3.49. The van der Waals surface area contributed by atoms with E-state index < -0.39 is 12.5 Å². The molecule has 0 aromatic carbocycles. The molecule has 1 atom stereocenters. The average Bonchev–Trinajstić information content (AvgIpc) is 2.00. The van der Waals surface area contributed by atoms with E-state index in [1.54, 1.807) is 6.92 Å². The largest absolute Gasteiger partial charge is 0.385 e. The minimum absolute atomic E-state index is 0.0669. The number of nitrogens with one attached hydrogen (secondary N) is 1. The van der Waals surface area contributed by atoms with E-state index in [2.05, 4.69) is 10.3 Å². The molecule has 0 aliphatic heterocycles. The zero-order valence-electron chi connectivity index (χ0n) is 6.80. The summed E-state index contributed by atoms with van der Waals surface area (Å²) in [7, 11) is 0. The Morgan fingerprint density at radius 2 is 2.25 bits per heavy atom. The lowest BCUT2D eigenvalue weighted by atomic mass is 10.4. The van der Waals surface area contributed by atoms with Crippen molar-refractivity contribution in [2.45, 2.75) is 19.5 Å². The summed E-state index contributed by atoms with van der Waals surface area (Å²) in [5.74, 6) is 0.0669. The molecule has 12 heavy (non-hydrogen) atoms. The first-order chi connectivity index (χ1) is 5.57. The normalized spacial score (nSPS) is 14.9. The topological polar surface area (TPSA) is 70.6 Å². The molecular weight excluding hydrogens is 168 g/mol. The first-order valence-electron chi connectivity index (χ1n) is 3.58. The maximum Gasteiger partial charge on any atom is 0.265 e. The van der Waals surface area contributed by atoms with Crippen LogP contribution >= 0.6 is 0 Å². The van der Waals surface area contributed by atoms with Gasteiger partial charge in [0.25, 0.3) is 6.43 Å². The van der Waals surface area contributed by atoms with Crippen LogP contribution in [0.3, 0.4) is 0 Å². The lowest BCUT2D eigenvalue weighted by Gasteiger charge is -2.06. The molecule has 0 aromatic rings. The summed E-state index contributed by atoms with van der Waals surface area (Å²) >= 11 is 0. The quantitative estimate of drug-likeness (QED) is 0.406. The molecule has 4 nitrogen and oxygen atoms in total. The molecule has 0 aliphatic carbocycles. The average molecular weight is 181 g/mol. The Labute approximate surface area is 69.5 Å². The van der Waals surface area contributed by atoms with Crippen molar-refractivity contribution in [3.63, 3.8) is 0 Å². The van der Waals surface area contributed by atoms with Gasteiger partial charge in [-0.3, -0.25) is 4.99 Å². The first kappa shape index (κ1) is 11.1. The zero-order valence-corrected chi connectivity index (χ0v) is 6.80. The third-order valence-corrected chi connectivity index (χ3v) is 1.10. The fourth-order valence-electron chi connectivity index (χ4n) is 0.509. The third kappa shape index (κ3) is 4.84. The van der Waals surface area contributed by atoms with Gasteiger partial charge in [-0.15, -0.1) is 0 Å². The molecule has 0 saturated heterocycles. The molecule has 0 radical (unpaired) electrons. The lowest BCUT2D eigenvalue weighted by Crippen LogP contribution is -2.33. The number of aliphatic hydroxyl groups is 1. The molecule has 72 valence electrons. The van der Waals surface area contributed by atoms with Gasteiger partial charge in [-0.25, -0.2) is 8.78 Å². The van der Waals surface area contributed by atoms with Gasteiger partial charge in [0.2, 0.25) is 0 Å². The van der Waals surface area contributed by atoms with Crippen LogP contribution in [0.25, 0.3) is 0 Å². The van der Waals surface area contributed by atoms with Crippen molar-refractivity contribution in [3.8, 4) is 0 Å². The Morgan fingerprint density at radius 1 is 1.67 bits per heavy atom. The van der Waals surface area contributed by atoms with E-state index >= 15 is 0 Å². The van der Waals surface area contributed by atoms with Gasteiger partial charge in [0.1, 0.15) is 6.10 Å². The number of nitrogens with zero attached hydrogens (tertiary/aromatic N) is 1. The number of aliphatic hydroxyl groups excluding tert-OH is 1. The van der Waals surface area contributed by atoms with Crippen molar-refractivity contribution in [2.24, 2.45) is 10.7 Å². The highest BCUT2D eigenvalue weighted by molar-refractivity contribution is 5.77. The van der Waals surface area contributed by atoms with Crippen molar-refractivity contribution < 1.29 is 13.9 Å². The highest BCUT2D eigenvalue weighted by Gasteiger charge is 2.15. The molecule has 0 rings (SSSR count). The van der Waals surface area contributed by atoms with Gasteiger partial charge in [0.15, 0.2) is 5.96 Å². The van der Waals surface area contributed by atoms with E-state index in [1.165, 1.54) is 0 Å². The summed E-state index contributed by atoms with van der Waals surface area (Å²) in [6.45, 7) is 1.99. The van der Waals surface area contributed by atoms with Crippen LogP contribution in [-0.4, -0.2) is 36.7 Å². The number of hydrogen-bond donors (Lipinski definition) is 3. The molecule has 0 aromatic heterocycles. The molecule has 0 amide bonds. The fourth-order valence-corrected chi connectivity index (χ4v) is 0.509. The highest BCUT2D eigenvalue weighted by atomic mass is 19.3. The molecular formula is C6H13F2N3O. The minimum atomic E-state index is -2.77. The van der Waals surface area contributed by atoms with Crippen molar-refractivity contribution in [3.05, 3.63) is 0 Å². The molecule has 6 heteroatoms. The fraction of sp³-hybridized carbons (Fsp3) is 0.833. The van der Waals surface area contributed by atoms with Crippen molar-refractivity contribution >= 4 is 5.96 Å². The van der Waals surface area contributed by atoms with Crippen LogP contribution in [0.5, 0.6) is 0 Å². The van der Waals surface area contributed by atoms with Crippen LogP contribution in [0.15, 0.2) is 4.99 Å². The minimum Gasteiger partial charge on any atom is -0.385 e. The van der Waals surface area contributed by atoms with E-state index in [-0.39, 0.29) is 12.5 Å². The molecule has 0 spiro atoms. The van der Waals surface area contributed by atoms with Gasteiger partial charge in [-0.2, -0.15) is 0 Å². The van der Waals surface area contributed by atoms with Crippen LogP contribution in [-0.2, 0) is 0 Å². The van der Waals surface area contributed by atoms with Crippen LogP contribution in [0.4, 0.5) is 8.78 Å². The predicted molar refractivity (Wildman–Crippen MR) is 42.2 cm³/mol. The van der Waals surface area contributed by atoms with Gasteiger partial charge < -0.3 is 16.2 Å². The zero-order chi connectivity index (χ0) is 9.56. The first-order valence-corrected chi connectivity index (χ1v) is 3.58. The maximum atomic E-state index is 11.7. The lowest BCUT2D eigenvalue weighted by molar-refractivity contribution is 0.00175. The van der Waals surface area contributed by atoms with Gasteiger partial charge in [0.05, 0.1) is 6.54 Å². The van der Waals surface area contributed by atoms with Crippen molar-refractivity contribution in [2.75, 3.05) is 13.1 Å². The Balaban J connectivity index is 3.71. The molecule has 0 saturated carbocycles. The van der Waals surface area contributed by atoms with Gasteiger partial charge in [-0.1, -0.05) is 0 Å². The third-order valence-electron chi connectivity index (χ3n) is 1.10. The van der Waals surface area contributed by atoms with Gasteiger partial charge >= 0.3 is 0 Å². The smallest absolute Gasteiger partial charge is 0.265 e. The van der Waals surface area contributed by atoms with Gasteiger partial charge in [0, 0.05) is 6.54 Å². The van der Waals surface area contributed by atoms with Crippen LogP contribution in [0.2, 0.25) is 0 Å².